The quantitative estimate of drug-likeness (QED) is 0.334. The van der Waals surface area contributed by atoms with Gasteiger partial charge in [0.25, 0.3) is 0 Å². The third-order valence-electron chi connectivity index (χ3n) is 6.22. The van der Waals surface area contributed by atoms with Crippen molar-refractivity contribution in [2.75, 3.05) is 6.61 Å². The first-order chi connectivity index (χ1) is 13.3. The van der Waals surface area contributed by atoms with Gasteiger partial charge >= 0.3 is 0 Å². The molecule has 0 aliphatic heterocycles. The van der Waals surface area contributed by atoms with E-state index in [1.54, 1.807) is 0 Å². The summed E-state index contributed by atoms with van der Waals surface area (Å²) in [4.78, 5) is 0. The van der Waals surface area contributed by atoms with Gasteiger partial charge in [0.1, 0.15) is 5.75 Å². The van der Waals surface area contributed by atoms with Crippen molar-refractivity contribution in [1.29, 1.82) is 5.26 Å². The Kier molecular flexibility index (Phi) is 11.0. The molecule has 1 aromatic carbocycles. The Balaban J connectivity index is 1.59. The van der Waals surface area contributed by atoms with E-state index in [-0.39, 0.29) is 0 Å². The average molecular weight is 370 g/mol. The SMILES string of the molecule is CCCCCCCCCC1CCCCC1CCCOc1ccc(C#N)cc1. The Morgan fingerprint density at radius 1 is 0.852 bits per heavy atom. The maximum Gasteiger partial charge on any atom is 0.119 e. The highest BCUT2D eigenvalue weighted by molar-refractivity contribution is 5.34. The van der Waals surface area contributed by atoms with Crippen molar-refractivity contribution in [3.05, 3.63) is 29.8 Å². The fourth-order valence-corrected chi connectivity index (χ4v) is 4.57. The van der Waals surface area contributed by atoms with Gasteiger partial charge in [-0.25, -0.2) is 0 Å². The molecule has 1 fully saturated rings. The van der Waals surface area contributed by atoms with Crippen LogP contribution >= 0.6 is 0 Å². The molecule has 0 aromatic heterocycles. The van der Waals surface area contributed by atoms with E-state index in [2.05, 4.69) is 13.0 Å². The standard InChI is InChI=1S/C25H39NO/c1-2-3-4-5-6-7-8-12-23-13-9-10-14-24(23)15-11-20-27-25-18-16-22(21-26)17-19-25/h16-19,23-24H,2-15,20H2,1H3. The third-order valence-corrected chi connectivity index (χ3v) is 6.22. The zero-order chi connectivity index (χ0) is 19.2. The van der Waals surface area contributed by atoms with Crippen molar-refractivity contribution in [2.24, 2.45) is 11.8 Å². The molecule has 0 heterocycles. The normalized spacial score (nSPS) is 19.6. The summed E-state index contributed by atoms with van der Waals surface area (Å²) in [6.45, 7) is 3.09. The van der Waals surface area contributed by atoms with Crippen LogP contribution in [0, 0.1) is 23.2 Å². The highest BCUT2D eigenvalue weighted by Crippen LogP contribution is 2.36. The first kappa shape index (κ1) is 21.8. The van der Waals surface area contributed by atoms with E-state index >= 15 is 0 Å². The Bertz CT molecular complexity index is 530. The van der Waals surface area contributed by atoms with E-state index < -0.39 is 0 Å². The summed E-state index contributed by atoms with van der Waals surface area (Å²) in [5, 5.41) is 8.85. The smallest absolute Gasteiger partial charge is 0.119 e. The first-order valence-corrected chi connectivity index (χ1v) is 11.5. The van der Waals surface area contributed by atoms with E-state index in [4.69, 9.17) is 10.00 Å². The Labute approximate surface area is 167 Å². The second-order valence-electron chi connectivity index (χ2n) is 8.34. The number of hydrogen-bond acceptors (Lipinski definition) is 2. The Hall–Kier alpha value is -1.49. The van der Waals surface area contributed by atoms with Crippen LogP contribution in [0.1, 0.15) is 102 Å². The zero-order valence-electron chi connectivity index (χ0n) is 17.4. The number of rotatable bonds is 13. The van der Waals surface area contributed by atoms with Gasteiger partial charge in [-0.05, 0) is 48.9 Å². The van der Waals surface area contributed by atoms with Crippen LogP contribution in [-0.2, 0) is 0 Å². The second kappa shape index (κ2) is 13.6. The van der Waals surface area contributed by atoms with Gasteiger partial charge in [0.05, 0.1) is 18.2 Å². The monoisotopic (exact) mass is 369 g/mol. The third kappa shape index (κ3) is 8.83. The molecule has 2 unspecified atom stereocenters. The summed E-state index contributed by atoms with van der Waals surface area (Å²) in [5.74, 6) is 2.77. The van der Waals surface area contributed by atoms with E-state index in [0.29, 0.717) is 5.56 Å². The fraction of sp³-hybridized carbons (Fsp3) is 0.720. The molecule has 0 bridgehead atoms. The molecule has 0 spiro atoms. The fourth-order valence-electron chi connectivity index (χ4n) is 4.57. The maximum absolute atomic E-state index is 8.85. The summed E-state index contributed by atoms with van der Waals surface area (Å²) in [6, 6.07) is 9.61. The summed E-state index contributed by atoms with van der Waals surface area (Å²) < 4.78 is 5.87. The molecular formula is C25H39NO. The van der Waals surface area contributed by atoms with Crippen molar-refractivity contribution >= 4 is 0 Å². The summed E-state index contributed by atoms with van der Waals surface area (Å²) in [6.07, 6.45) is 19.6. The number of nitriles is 1. The molecule has 2 atom stereocenters. The van der Waals surface area contributed by atoms with Gasteiger partial charge < -0.3 is 4.74 Å². The molecule has 1 saturated carbocycles. The predicted molar refractivity (Wildman–Crippen MR) is 114 cm³/mol. The van der Waals surface area contributed by atoms with Crippen LogP contribution in [0.5, 0.6) is 5.75 Å². The Morgan fingerprint density at radius 3 is 2.07 bits per heavy atom. The molecule has 0 saturated heterocycles. The van der Waals surface area contributed by atoms with Gasteiger partial charge in [-0.2, -0.15) is 5.26 Å². The lowest BCUT2D eigenvalue weighted by molar-refractivity contribution is 0.190. The van der Waals surface area contributed by atoms with Gasteiger partial charge in [0, 0.05) is 0 Å². The van der Waals surface area contributed by atoms with Crippen LogP contribution < -0.4 is 4.74 Å². The molecular weight excluding hydrogens is 330 g/mol. The minimum absolute atomic E-state index is 0.692. The predicted octanol–water partition coefficient (Wildman–Crippen LogP) is 7.66. The molecule has 1 aliphatic rings. The van der Waals surface area contributed by atoms with Crippen molar-refractivity contribution in [3.63, 3.8) is 0 Å². The van der Waals surface area contributed by atoms with Crippen molar-refractivity contribution < 1.29 is 4.74 Å². The average Bonchev–Trinajstić information content (AvgIpc) is 2.72. The highest BCUT2D eigenvalue weighted by Gasteiger charge is 2.24. The van der Waals surface area contributed by atoms with E-state index in [9.17, 15) is 0 Å². The van der Waals surface area contributed by atoms with Crippen LogP contribution in [0.15, 0.2) is 24.3 Å². The van der Waals surface area contributed by atoms with Crippen molar-refractivity contribution in [3.8, 4) is 11.8 Å². The van der Waals surface area contributed by atoms with Crippen LogP contribution in [0.3, 0.4) is 0 Å². The lowest BCUT2D eigenvalue weighted by Gasteiger charge is -2.32. The van der Waals surface area contributed by atoms with Crippen molar-refractivity contribution in [2.45, 2.75) is 96.8 Å². The van der Waals surface area contributed by atoms with Crippen LogP contribution in [0.4, 0.5) is 0 Å². The largest absolute Gasteiger partial charge is 0.494 e. The summed E-state index contributed by atoms with van der Waals surface area (Å²) in [7, 11) is 0. The van der Waals surface area contributed by atoms with E-state index in [1.807, 2.05) is 24.3 Å². The molecule has 2 rings (SSSR count). The van der Waals surface area contributed by atoms with Crippen molar-refractivity contribution in [1.82, 2.24) is 0 Å². The van der Waals surface area contributed by atoms with E-state index in [1.165, 1.54) is 83.5 Å². The molecule has 2 nitrogen and oxygen atoms in total. The first-order valence-electron chi connectivity index (χ1n) is 11.5. The molecule has 27 heavy (non-hydrogen) atoms. The lowest BCUT2D eigenvalue weighted by atomic mass is 9.74. The molecule has 2 heteroatoms. The number of nitrogens with zero attached hydrogens (tertiary/aromatic N) is 1. The lowest BCUT2D eigenvalue weighted by Crippen LogP contribution is -2.20. The summed E-state index contributed by atoms with van der Waals surface area (Å²) >= 11 is 0. The highest BCUT2D eigenvalue weighted by atomic mass is 16.5. The van der Waals surface area contributed by atoms with Gasteiger partial charge in [-0.15, -0.1) is 0 Å². The number of hydrogen-bond donors (Lipinski definition) is 0. The molecule has 0 amide bonds. The number of benzene rings is 1. The van der Waals surface area contributed by atoms with Crippen LogP contribution in [-0.4, -0.2) is 6.61 Å². The topological polar surface area (TPSA) is 33.0 Å². The number of unbranched alkanes of at least 4 members (excludes halogenated alkanes) is 6. The van der Waals surface area contributed by atoms with Gasteiger partial charge in [0.15, 0.2) is 0 Å². The van der Waals surface area contributed by atoms with Gasteiger partial charge in [-0.1, -0.05) is 84.0 Å². The summed E-state index contributed by atoms with van der Waals surface area (Å²) in [5.41, 5.74) is 0.692. The minimum atomic E-state index is 0.692. The van der Waals surface area contributed by atoms with E-state index in [0.717, 1.165) is 30.6 Å². The molecule has 1 aromatic rings. The maximum atomic E-state index is 8.85. The molecule has 150 valence electrons. The van der Waals surface area contributed by atoms with Gasteiger partial charge in [0.2, 0.25) is 0 Å². The molecule has 1 aliphatic carbocycles. The molecule has 0 N–H and O–H groups in total. The Morgan fingerprint density at radius 2 is 1.44 bits per heavy atom. The van der Waals surface area contributed by atoms with Crippen LogP contribution in [0.2, 0.25) is 0 Å². The second-order valence-corrected chi connectivity index (χ2v) is 8.34. The zero-order valence-corrected chi connectivity index (χ0v) is 17.4. The number of ether oxygens (including phenoxy) is 1. The van der Waals surface area contributed by atoms with Crippen LogP contribution in [0.25, 0.3) is 0 Å². The minimum Gasteiger partial charge on any atom is -0.494 e. The van der Waals surface area contributed by atoms with Gasteiger partial charge in [-0.3, -0.25) is 0 Å². The molecule has 0 radical (unpaired) electrons.